The van der Waals surface area contributed by atoms with Gasteiger partial charge in [-0.3, -0.25) is 4.79 Å². The van der Waals surface area contributed by atoms with Gasteiger partial charge >= 0.3 is 0 Å². The summed E-state index contributed by atoms with van der Waals surface area (Å²) in [6.45, 7) is -0.174. The topological polar surface area (TPSA) is 26.3 Å². The number of carbonyl (C=O) groups is 1. The third-order valence-electron chi connectivity index (χ3n) is 2.42. The van der Waals surface area contributed by atoms with Crippen LogP contribution in [0.15, 0.2) is 42.5 Å². The van der Waals surface area contributed by atoms with Crippen LogP contribution in [0.25, 0.3) is 0 Å². The predicted octanol–water partition coefficient (Wildman–Crippen LogP) is 4.39. The molecule has 2 aromatic carbocycles. The van der Waals surface area contributed by atoms with Crippen LogP contribution in [-0.4, -0.2) is 12.4 Å². The number of ketones is 1. The molecule has 0 amide bonds. The van der Waals surface area contributed by atoms with Gasteiger partial charge in [-0.25, -0.2) is 4.39 Å². The molecule has 0 saturated heterocycles. The second-order valence-electron chi connectivity index (χ2n) is 3.79. The molecule has 5 heteroatoms. The van der Waals surface area contributed by atoms with Gasteiger partial charge in [-0.05, 0) is 42.5 Å². The molecule has 0 bridgehead atoms. The average molecular weight is 299 g/mol. The number of halogens is 3. The summed E-state index contributed by atoms with van der Waals surface area (Å²) in [5, 5.41) is 0.683. The minimum atomic E-state index is -0.457. The normalized spacial score (nSPS) is 10.3. The summed E-state index contributed by atoms with van der Waals surface area (Å²) in [5.74, 6) is -0.399. The largest absolute Gasteiger partial charge is 0.484 e. The van der Waals surface area contributed by atoms with Crippen LogP contribution < -0.4 is 4.74 Å². The zero-order valence-corrected chi connectivity index (χ0v) is 11.2. The van der Waals surface area contributed by atoms with Gasteiger partial charge in [-0.1, -0.05) is 23.2 Å². The SMILES string of the molecule is O=C(COc1ccc(F)cc1Cl)c1ccc(Cl)cc1. The van der Waals surface area contributed by atoms with Crippen LogP contribution >= 0.6 is 23.2 Å². The van der Waals surface area contributed by atoms with Crippen molar-refractivity contribution < 1.29 is 13.9 Å². The van der Waals surface area contributed by atoms with Crippen LogP contribution in [0.2, 0.25) is 10.0 Å². The maximum atomic E-state index is 12.8. The van der Waals surface area contributed by atoms with Gasteiger partial charge in [0.2, 0.25) is 0 Å². The molecule has 0 aromatic heterocycles. The van der Waals surface area contributed by atoms with Crippen LogP contribution in [-0.2, 0) is 0 Å². The van der Waals surface area contributed by atoms with Crippen molar-refractivity contribution in [3.63, 3.8) is 0 Å². The van der Waals surface area contributed by atoms with Crippen LogP contribution in [0.3, 0.4) is 0 Å². The van der Waals surface area contributed by atoms with E-state index < -0.39 is 5.82 Å². The molecule has 98 valence electrons. The van der Waals surface area contributed by atoms with E-state index in [-0.39, 0.29) is 23.2 Å². The lowest BCUT2D eigenvalue weighted by atomic mass is 10.1. The van der Waals surface area contributed by atoms with Gasteiger partial charge in [-0.2, -0.15) is 0 Å². The molecule has 0 aliphatic carbocycles. The molecule has 0 atom stereocenters. The molecule has 0 N–H and O–H groups in total. The Morgan fingerprint density at radius 2 is 1.79 bits per heavy atom. The van der Waals surface area contributed by atoms with Gasteiger partial charge in [0.1, 0.15) is 11.6 Å². The van der Waals surface area contributed by atoms with Crippen molar-refractivity contribution >= 4 is 29.0 Å². The van der Waals surface area contributed by atoms with Crippen molar-refractivity contribution in [2.45, 2.75) is 0 Å². The molecule has 0 saturated carbocycles. The van der Waals surface area contributed by atoms with E-state index in [0.29, 0.717) is 10.6 Å². The van der Waals surface area contributed by atoms with Gasteiger partial charge in [0, 0.05) is 10.6 Å². The van der Waals surface area contributed by atoms with Crippen molar-refractivity contribution in [1.29, 1.82) is 0 Å². The first-order valence-corrected chi connectivity index (χ1v) is 6.18. The zero-order chi connectivity index (χ0) is 13.8. The maximum Gasteiger partial charge on any atom is 0.200 e. The van der Waals surface area contributed by atoms with Crippen molar-refractivity contribution in [3.05, 3.63) is 63.9 Å². The number of benzene rings is 2. The Morgan fingerprint density at radius 1 is 1.11 bits per heavy atom. The highest BCUT2D eigenvalue weighted by molar-refractivity contribution is 6.32. The standard InChI is InChI=1S/C14H9Cl2FO2/c15-10-3-1-9(2-4-10)13(18)8-19-14-6-5-11(17)7-12(14)16/h1-7H,8H2. The van der Waals surface area contributed by atoms with Gasteiger partial charge in [0.05, 0.1) is 5.02 Å². The molecule has 0 heterocycles. The molecule has 2 aromatic rings. The minimum absolute atomic E-state index is 0.129. The van der Waals surface area contributed by atoms with E-state index in [1.807, 2.05) is 0 Å². The van der Waals surface area contributed by atoms with E-state index in [2.05, 4.69) is 0 Å². The highest BCUT2D eigenvalue weighted by atomic mass is 35.5. The molecule has 2 rings (SSSR count). The average Bonchev–Trinajstić information content (AvgIpc) is 2.38. The van der Waals surface area contributed by atoms with Gasteiger partial charge in [0.15, 0.2) is 12.4 Å². The summed E-state index contributed by atoms with van der Waals surface area (Å²) in [4.78, 5) is 11.8. The monoisotopic (exact) mass is 298 g/mol. The van der Waals surface area contributed by atoms with Crippen molar-refractivity contribution in [2.24, 2.45) is 0 Å². The summed E-state index contributed by atoms with van der Waals surface area (Å²) in [6, 6.07) is 10.2. The summed E-state index contributed by atoms with van der Waals surface area (Å²) in [6.07, 6.45) is 0. The number of rotatable bonds is 4. The Morgan fingerprint density at radius 3 is 2.42 bits per heavy atom. The molecule has 0 fully saturated rings. The zero-order valence-electron chi connectivity index (χ0n) is 9.70. The third kappa shape index (κ3) is 3.69. The summed E-state index contributed by atoms with van der Waals surface area (Å²) < 4.78 is 18.1. The van der Waals surface area contributed by atoms with Crippen LogP contribution in [0, 0.1) is 5.82 Å². The second-order valence-corrected chi connectivity index (χ2v) is 4.64. The van der Waals surface area contributed by atoms with E-state index in [1.54, 1.807) is 24.3 Å². The number of ether oxygens (including phenoxy) is 1. The van der Waals surface area contributed by atoms with E-state index >= 15 is 0 Å². The lowest BCUT2D eigenvalue weighted by Crippen LogP contribution is -2.11. The van der Waals surface area contributed by atoms with Gasteiger partial charge in [-0.15, -0.1) is 0 Å². The van der Waals surface area contributed by atoms with Crippen molar-refractivity contribution in [1.82, 2.24) is 0 Å². The van der Waals surface area contributed by atoms with Crippen molar-refractivity contribution in [2.75, 3.05) is 6.61 Å². The molecule has 0 aliphatic heterocycles. The second kappa shape index (κ2) is 6.04. The van der Waals surface area contributed by atoms with Crippen LogP contribution in [0.5, 0.6) is 5.75 Å². The molecular formula is C14H9Cl2FO2. The first-order valence-electron chi connectivity index (χ1n) is 5.43. The smallest absolute Gasteiger partial charge is 0.200 e. The molecule has 0 radical (unpaired) electrons. The van der Waals surface area contributed by atoms with E-state index in [4.69, 9.17) is 27.9 Å². The predicted molar refractivity (Wildman–Crippen MR) is 72.7 cm³/mol. The minimum Gasteiger partial charge on any atom is -0.484 e. The lowest BCUT2D eigenvalue weighted by molar-refractivity contribution is 0.0921. The highest BCUT2D eigenvalue weighted by Gasteiger charge is 2.09. The van der Waals surface area contributed by atoms with Gasteiger partial charge < -0.3 is 4.74 Å². The summed E-state index contributed by atoms with van der Waals surface area (Å²) >= 11 is 11.5. The van der Waals surface area contributed by atoms with E-state index in [1.165, 1.54) is 12.1 Å². The highest BCUT2D eigenvalue weighted by Crippen LogP contribution is 2.25. The fraction of sp³-hybridized carbons (Fsp3) is 0.0714. The summed E-state index contributed by atoms with van der Waals surface area (Å²) in [7, 11) is 0. The van der Waals surface area contributed by atoms with Crippen LogP contribution in [0.4, 0.5) is 4.39 Å². The number of Topliss-reactive ketones (excluding diaryl/α,β-unsaturated/α-hetero) is 1. The van der Waals surface area contributed by atoms with E-state index in [9.17, 15) is 9.18 Å². The first kappa shape index (κ1) is 13.8. The number of hydrogen-bond acceptors (Lipinski definition) is 2. The molecule has 0 unspecified atom stereocenters. The Balaban J connectivity index is 2.02. The Bertz CT molecular complexity index is 597. The lowest BCUT2D eigenvalue weighted by Gasteiger charge is -2.07. The maximum absolute atomic E-state index is 12.8. The number of carbonyl (C=O) groups excluding carboxylic acids is 1. The molecule has 0 aliphatic rings. The molecule has 2 nitrogen and oxygen atoms in total. The first-order chi connectivity index (χ1) is 9.06. The molecule has 0 spiro atoms. The van der Waals surface area contributed by atoms with Crippen molar-refractivity contribution in [3.8, 4) is 5.75 Å². The fourth-order valence-corrected chi connectivity index (χ4v) is 1.80. The Hall–Kier alpha value is -1.58. The quantitative estimate of drug-likeness (QED) is 0.782. The van der Waals surface area contributed by atoms with Crippen LogP contribution in [0.1, 0.15) is 10.4 Å². The number of hydrogen-bond donors (Lipinski definition) is 0. The summed E-state index contributed by atoms with van der Waals surface area (Å²) in [5.41, 5.74) is 0.489. The Kier molecular flexibility index (Phi) is 4.40. The molecular weight excluding hydrogens is 290 g/mol. The third-order valence-corrected chi connectivity index (χ3v) is 2.97. The van der Waals surface area contributed by atoms with E-state index in [0.717, 1.165) is 6.07 Å². The molecule has 19 heavy (non-hydrogen) atoms. The fourth-order valence-electron chi connectivity index (χ4n) is 1.45. The van der Waals surface area contributed by atoms with Gasteiger partial charge in [0.25, 0.3) is 0 Å². The Labute approximate surface area is 119 Å².